The molecule has 0 aromatic heterocycles. The lowest BCUT2D eigenvalue weighted by Gasteiger charge is -2.27. The predicted octanol–water partition coefficient (Wildman–Crippen LogP) is 2.88. The Labute approximate surface area is 160 Å². The van der Waals surface area contributed by atoms with Crippen molar-refractivity contribution < 1.29 is 19.5 Å². The smallest absolute Gasteiger partial charge is 0.305 e. The Hall–Kier alpha value is -2.37. The van der Waals surface area contributed by atoms with Crippen LogP contribution in [0.1, 0.15) is 57.1 Å². The Bertz CT molecular complexity index is 689. The molecule has 1 fully saturated rings. The average Bonchev–Trinajstić information content (AvgIpc) is 2.93. The molecule has 0 bridgehead atoms. The largest absolute Gasteiger partial charge is 0.481 e. The number of aryl methyl sites for hydroxylation is 1. The number of nitrogens with zero attached hydrogens (tertiary/aromatic N) is 1. The monoisotopic (exact) mass is 374 g/mol. The van der Waals surface area contributed by atoms with Gasteiger partial charge in [0.25, 0.3) is 0 Å². The lowest BCUT2D eigenvalue weighted by atomic mass is 9.96. The fourth-order valence-corrected chi connectivity index (χ4v) is 3.58. The minimum absolute atomic E-state index is 0.0679. The molecule has 0 spiro atoms. The van der Waals surface area contributed by atoms with E-state index in [2.05, 4.69) is 11.4 Å². The van der Waals surface area contributed by atoms with E-state index in [4.69, 9.17) is 5.11 Å². The number of nitrogens with one attached hydrogen (secondary N) is 1. The van der Waals surface area contributed by atoms with E-state index >= 15 is 0 Å². The molecule has 1 saturated heterocycles. The molecule has 1 aromatic rings. The van der Waals surface area contributed by atoms with Crippen molar-refractivity contribution in [2.24, 2.45) is 5.92 Å². The first-order valence-corrected chi connectivity index (χ1v) is 9.66. The number of aliphatic carboxylic acids is 1. The van der Waals surface area contributed by atoms with Crippen molar-refractivity contribution in [1.82, 2.24) is 10.2 Å². The number of carboxylic acids is 1. The highest BCUT2D eigenvalue weighted by Crippen LogP contribution is 2.24. The van der Waals surface area contributed by atoms with E-state index in [0.717, 1.165) is 17.5 Å². The van der Waals surface area contributed by atoms with E-state index in [1.165, 1.54) is 0 Å². The van der Waals surface area contributed by atoms with Crippen LogP contribution in [0.2, 0.25) is 0 Å². The van der Waals surface area contributed by atoms with Crippen LogP contribution in [0.5, 0.6) is 0 Å². The van der Waals surface area contributed by atoms with Crippen molar-refractivity contribution in [2.45, 2.75) is 71.5 Å². The highest BCUT2D eigenvalue weighted by molar-refractivity contribution is 5.82. The molecule has 0 saturated carbocycles. The number of amides is 2. The molecule has 148 valence electrons. The number of hydrogen-bond acceptors (Lipinski definition) is 3. The minimum atomic E-state index is -0.919. The lowest BCUT2D eigenvalue weighted by molar-refractivity contribution is -0.138. The van der Waals surface area contributed by atoms with Crippen molar-refractivity contribution in [3.63, 3.8) is 0 Å². The van der Waals surface area contributed by atoms with Crippen LogP contribution < -0.4 is 5.32 Å². The molecule has 1 aliphatic rings. The summed E-state index contributed by atoms with van der Waals surface area (Å²) in [5.74, 6) is -0.954. The normalized spacial score (nSPS) is 19.0. The van der Waals surface area contributed by atoms with Gasteiger partial charge in [-0.15, -0.1) is 0 Å². The highest BCUT2D eigenvalue weighted by Gasteiger charge is 2.33. The lowest BCUT2D eigenvalue weighted by Crippen LogP contribution is -2.43. The number of likely N-dealkylation sites (tertiary alicyclic amines) is 1. The zero-order valence-electron chi connectivity index (χ0n) is 16.4. The van der Waals surface area contributed by atoms with Gasteiger partial charge in [0.2, 0.25) is 11.8 Å². The van der Waals surface area contributed by atoms with E-state index < -0.39 is 5.97 Å². The molecule has 6 nitrogen and oxygen atoms in total. The molecule has 2 unspecified atom stereocenters. The molecule has 0 aliphatic carbocycles. The maximum absolute atomic E-state index is 12.5. The summed E-state index contributed by atoms with van der Waals surface area (Å²) < 4.78 is 0. The second-order valence-corrected chi connectivity index (χ2v) is 7.56. The standard InChI is InChI=1S/C21H30N2O4/c1-4-15(3)18(12-21(26)27)22-19(24)11-17-8-9-20(25)23(17)13-16-7-5-6-14(2)10-16/h5-7,10,15,17-18H,4,8-9,11-13H2,1-3H3,(H,22,24)(H,26,27)/t15?,17-,18?/m0/s1. The summed E-state index contributed by atoms with van der Waals surface area (Å²) in [6.45, 7) is 6.43. The summed E-state index contributed by atoms with van der Waals surface area (Å²) >= 11 is 0. The Kier molecular flexibility index (Phi) is 7.39. The van der Waals surface area contributed by atoms with Gasteiger partial charge < -0.3 is 15.3 Å². The van der Waals surface area contributed by atoms with Crippen LogP contribution in [0.3, 0.4) is 0 Å². The van der Waals surface area contributed by atoms with Gasteiger partial charge in [0.15, 0.2) is 0 Å². The van der Waals surface area contributed by atoms with Crippen LogP contribution in [0.4, 0.5) is 0 Å². The van der Waals surface area contributed by atoms with Gasteiger partial charge in [-0.25, -0.2) is 0 Å². The van der Waals surface area contributed by atoms with Gasteiger partial charge in [-0.3, -0.25) is 14.4 Å². The van der Waals surface area contributed by atoms with Gasteiger partial charge in [-0.1, -0.05) is 50.1 Å². The van der Waals surface area contributed by atoms with E-state index in [1.54, 1.807) is 4.90 Å². The number of carbonyl (C=O) groups is 3. The zero-order chi connectivity index (χ0) is 20.0. The first-order chi connectivity index (χ1) is 12.8. The maximum atomic E-state index is 12.5. The number of rotatable bonds is 9. The number of carboxylic acid groups (broad SMARTS) is 1. The Morgan fingerprint density at radius 1 is 1.37 bits per heavy atom. The summed E-state index contributed by atoms with van der Waals surface area (Å²) in [6.07, 6.45) is 2.03. The minimum Gasteiger partial charge on any atom is -0.481 e. The van der Waals surface area contributed by atoms with Crippen molar-refractivity contribution in [3.8, 4) is 0 Å². The Balaban J connectivity index is 2.00. The summed E-state index contributed by atoms with van der Waals surface area (Å²) in [6, 6.07) is 7.49. The molecule has 6 heteroatoms. The second kappa shape index (κ2) is 9.53. The molecular weight excluding hydrogens is 344 g/mol. The average molecular weight is 374 g/mol. The molecule has 0 radical (unpaired) electrons. The van der Waals surface area contributed by atoms with Crippen molar-refractivity contribution in [1.29, 1.82) is 0 Å². The van der Waals surface area contributed by atoms with Gasteiger partial charge in [-0.05, 0) is 24.8 Å². The van der Waals surface area contributed by atoms with E-state index in [9.17, 15) is 14.4 Å². The number of carbonyl (C=O) groups excluding carboxylic acids is 2. The summed E-state index contributed by atoms with van der Waals surface area (Å²) in [7, 11) is 0. The topological polar surface area (TPSA) is 86.7 Å². The first kappa shape index (κ1) is 20.9. The van der Waals surface area contributed by atoms with Gasteiger partial charge in [0.05, 0.1) is 6.42 Å². The molecule has 1 aliphatic heterocycles. The van der Waals surface area contributed by atoms with Crippen LogP contribution >= 0.6 is 0 Å². The number of hydrogen-bond donors (Lipinski definition) is 2. The zero-order valence-corrected chi connectivity index (χ0v) is 16.4. The van der Waals surface area contributed by atoms with Gasteiger partial charge in [0, 0.05) is 31.5 Å². The predicted molar refractivity (Wildman–Crippen MR) is 103 cm³/mol. The first-order valence-electron chi connectivity index (χ1n) is 9.66. The summed E-state index contributed by atoms with van der Waals surface area (Å²) in [5.41, 5.74) is 2.19. The van der Waals surface area contributed by atoms with Crippen LogP contribution in [0, 0.1) is 12.8 Å². The van der Waals surface area contributed by atoms with Gasteiger partial charge in [0.1, 0.15) is 0 Å². The van der Waals surface area contributed by atoms with E-state index in [-0.39, 0.29) is 42.7 Å². The quantitative estimate of drug-likeness (QED) is 0.696. The van der Waals surface area contributed by atoms with Gasteiger partial charge in [-0.2, -0.15) is 0 Å². The molecule has 27 heavy (non-hydrogen) atoms. The van der Waals surface area contributed by atoms with Crippen molar-refractivity contribution >= 4 is 17.8 Å². The fraction of sp³-hybridized carbons (Fsp3) is 0.571. The van der Waals surface area contributed by atoms with Crippen LogP contribution in [-0.2, 0) is 20.9 Å². The number of benzene rings is 1. The molecule has 1 aromatic carbocycles. The van der Waals surface area contributed by atoms with E-state index in [1.807, 2.05) is 39.0 Å². The summed E-state index contributed by atoms with van der Waals surface area (Å²) in [4.78, 5) is 37.7. The molecule has 2 amide bonds. The third-order valence-corrected chi connectivity index (χ3v) is 5.38. The fourth-order valence-electron chi connectivity index (χ4n) is 3.58. The van der Waals surface area contributed by atoms with Crippen molar-refractivity contribution in [3.05, 3.63) is 35.4 Å². The van der Waals surface area contributed by atoms with Gasteiger partial charge >= 0.3 is 5.97 Å². The van der Waals surface area contributed by atoms with Crippen LogP contribution in [-0.4, -0.2) is 39.9 Å². The SMILES string of the molecule is CCC(C)C(CC(=O)O)NC(=O)C[C@@H]1CCC(=O)N1Cc1cccc(C)c1. The van der Waals surface area contributed by atoms with E-state index in [0.29, 0.717) is 19.4 Å². The van der Waals surface area contributed by atoms with Crippen LogP contribution in [0.25, 0.3) is 0 Å². The Morgan fingerprint density at radius 2 is 2.11 bits per heavy atom. The maximum Gasteiger partial charge on any atom is 0.305 e. The molecule has 3 atom stereocenters. The molecular formula is C21H30N2O4. The molecule has 2 rings (SSSR count). The molecule has 2 N–H and O–H groups in total. The Morgan fingerprint density at radius 3 is 2.74 bits per heavy atom. The highest BCUT2D eigenvalue weighted by atomic mass is 16.4. The molecule has 1 heterocycles. The third kappa shape index (κ3) is 6.08. The van der Waals surface area contributed by atoms with Crippen LogP contribution in [0.15, 0.2) is 24.3 Å². The second-order valence-electron chi connectivity index (χ2n) is 7.56. The third-order valence-electron chi connectivity index (χ3n) is 5.38. The van der Waals surface area contributed by atoms with Crippen molar-refractivity contribution in [2.75, 3.05) is 0 Å². The summed E-state index contributed by atoms with van der Waals surface area (Å²) in [5, 5.41) is 12.0.